The molecule has 0 bridgehead atoms. The Morgan fingerprint density at radius 2 is 2.03 bits per heavy atom. The van der Waals surface area contributed by atoms with Crippen molar-refractivity contribution < 1.29 is 4.74 Å². The molecule has 0 aliphatic carbocycles. The van der Waals surface area contributed by atoms with Gasteiger partial charge in [0.25, 0.3) is 0 Å². The summed E-state index contributed by atoms with van der Waals surface area (Å²) in [6, 6.07) is 0.759. The van der Waals surface area contributed by atoms with Crippen LogP contribution in [0.3, 0.4) is 0 Å². The van der Waals surface area contributed by atoms with Gasteiger partial charge in [-0.05, 0) is 26.8 Å². The fourth-order valence-corrected chi connectivity index (χ4v) is 4.04. The summed E-state index contributed by atoms with van der Waals surface area (Å²) in [6.45, 7) is 15.3. The van der Waals surface area contributed by atoms with E-state index in [4.69, 9.17) is 9.73 Å². The Hall–Kier alpha value is -0.980. The Kier molecular flexibility index (Phi) is 10.8. The molecule has 1 aromatic heterocycles. The normalized spacial score (nSPS) is 21.6. The van der Waals surface area contributed by atoms with Gasteiger partial charge in [-0.3, -0.25) is 9.89 Å². The summed E-state index contributed by atoms with van der Waals surface area (Å²) in [7, 11) is 1.67. The average molecular weight is 534 g/mol. The van der Waals surface area contributed by atoms with Crippen molar-refractivity contribution in [2.45, 2.75) is 58.8 Å². The quantitative estimate of drug-likeness (QED) is 0.292. The number of guanidine groups is 1. The largest absolute Gasteiger partial charge is 0.377 e. The number of hydrogen-bond donors (Lipinski definition) is 2. The third-order valence-electron chi connectivity index (χ3n) is 5.85. The van der Waals surface area contributed by atoms with Gasteiger partial charge in [0.1, 0.15) is 12.4 Å². The Bertz CT molecular complexity index is 659. The SMILES string of the molecule is CCNC(=NCC(C)N1CCN(CC)CC1)NC1CCc2nc(COC)nn2C1.I. The lowest BCUT2D eigenvalue weighted by Crippen LogP contribution is -2.51. The molecule has 3 heterocycles. The van der Waals surface area contributed by atoms with Crippen LogP contribution >= 0.6 is 24.0 Å². The summed E-state index contributed by atoms with van der Waals surface area (Å²) in [6.07, 6.45) is 1.95. The molecule has 3 rings (SSSR count). The second-order valence-electron chi connectivity index (χ2n) is 7.98. The molecule has 0 aromatic carbocycles. The van der Waals surface area contributed by atoms with Crippen molar-refractivity contribution in [3.8, 4) is 0 Å². The van der Waals surface area contributed by atoms with E-state index < -0.39 is 0 Å². The molecule has 30 heavy (non-hydrogen) atoms. The Balaban J connectivity index is 0.00000320. The van der Waals surface area contributed by atoms with Crippen LogP contribution in [0.5, 0.6) is 0 Å². The van der Waals surface area contributed by atoms with Crippen LogP contribution in [-0.2, 0) is 24.3 Å². The van der Waals surface area contributed by atoms with E-state index in [1.165, 1.54) is 0 Å². The molecule has 9 nitrogen and oxygen atoms in total. The van der Waals surface area contributed by atoms with Gasteiger partial charge in [-0.2, -0.15) is 5.10 Å². The number of nitrogens with one attached hydrogen (secondary N) is 2. The van der Waals surface area contributed by atoms with Gasteiger partial charge in [0.15, 0.2) is 11.8 Å². The molecule has 0 spiro atoms. The van der Waals surface area contributed by atoms with Crippen LogP contribution in [0.25, 0.3) is 0 Å². The number of methoxy groups -OCH3 is 1. The van der Waals surface area contributed by atoms with Crippen molar-refractivity contribution in [1.82, 2.24) is 35.2 Å². The number of nitrogens with zero attached hydrogens (tertiary/aromatic N) is 6. The Morgan fingerprint density at radius 3 is 2.70 bits per heavy atom. The van der Waals surface area contributed by atoms with Gasteiger partial charge in [0.05, 0.1) is 13.1 Å². The molecular weight excluding hydrogens is 495 g/mol. The average Bonchev–Trinajstić information content (AvgIpc) is 3.14. The van der Waals surface area contributed by atoms with Crippen LogP contribution in [0, 0.1) is 0 Å². The molecule has 2 N–H and O–H groups in total. The molecule has 1 aromatic rings. The number of halogens is 1. The van der Waals surface area contributed by atoms with E-state index in [-0.39, 0.29) is 24.0 Å². The number of aryl methyl sites for hydroxylation is 1. The van der Waals surface area contributed by atoms with Crippen molar-refractivity contribution >= 4 is 29.9 Å². The highest BCUT2D eigenvalue weighted by Gasteiger charge is 2.23. The number of aliphatic imine (C=N–C) groups is 1. The summed E-state index contributed by atoms with van der Waals surface area (Å²) in [4.78, 5) is 14.5. The fraction of sp³-hybridized carbons (Fsp3) is 0.850. The summed E-state index contributed by atoms with van der Waals surface area (Å²) in [5, 5.41) is 11.6. The van der Waals surface area contributed by atoms with Crippen molar-refractivity contribution in [2.24, 2.45) is 4.99 Å². The molecular formula is C20H39IN8O. The van der Waals surface area contributed by atoms with Gasteiger partial charge in [-0.25, -0.2) is 9.67 Å². The van der Waals surface area contributed by atoms with E-state index >= 15 is 0 Å². The molecule has 0 radical (unpaired) electrons. The zero-order valence-corrected chi connectivity index (χ0v) is 21.3. The second kappa shape index (κ2) is 12.8. The van der Waals surface area contributed by atoms with Crippen molar-refractivity contribution in [3.05, 3.63) is 11.6 Å². The van der Waals surface area contributed by atoms with Gasteiger partial charge in [-0.15, -0.1) is 24.0 Å². The monoisotopic (exact) mass is 534 g/mol. The highest BCUT2D eigenvalue weighted by molar-refractivity contribution is 14.0. The van der Waals surface area contributed by atoms with Gasteiger partial charge in [0, 0.05) is 58.3 Å². The topological polar surface area (TPSA) is 82.8 Å². The third kappa shape index (κ3) is 7.03. The maximum Gasteiger partial charge on any atom is 0.191 e. The van der Waals surface area contributed by atoms with E-state index in [2.05, 4.69) is 51.3 Å². The Labute approximate surface area is 198 Å². The van der Waals surface area contributed by atoms with Gasteiger partial charge >= 0.3 is 0 Å². The zero-order chi connectivity index (χ0) is 20.6. The number of ether oxygens (including phenoxy) is 1. The van der Waals surface area contributed by atoms with E-state index in [1.54, 1.807) is 7.11 Å². The maximum absolute atomic E-state index is 5.16. The van der Waals surface area contributed by atoms with Crippen LogP contribution in [0.2, 0.25) is 0 Å². The maximum atomic E-state index is 5.16. The molecule has 172 valence electrons. The first-order chi connectivity index (χ1) is 14.1. The van der Waals surface area contributed by atoms with E-state index in [0.717, 1.165) is 82.8 Å². The number of aromatic nitrogens is 3. The number of fused-ring (bicyclic) bond motifs is 1. The molecule has 2 aliphatic heterocycles. The fourth-order valence-electron chi connectivity index (χ4n) is 4.04. The van der Waals surface area contributed by atoms with Crippen LogP contribution in [-0.4, -0.2) is 95.5 Å². The molecule has 2 atom stereocenters. The minimum Gasteiger partial charge on any atom is -0.377 e. The molecule has 2 unspecified atom stereocenters. The van der Waals surface area contributed by atoms with Gasteiger partial charge in [0.2, 0.25) is 0 Å². The summed E-state index contributed by atoms with van der Waals surface area (Å²) in [5.74, 6) is 2.72. The summed E-state index contributed by atoms with van der Waals surface area (Å²) < 4.78 is 7.16. The lowest BCUT2D eigenvalue weighted by Gasteiger charge is -2.37. The highest BCUT2D eigenvalue weighted by atomic mass is 127. The lowest BCUT2D eigenvalue weighted by molar-refractivity contribution is 0.109. The van der Waals surface area contributed by atoms with Crippen molar-refractivity contribution in [1.29, 1.82) is 0 Å². The van der Waals surface area contributed by atoms with Gasteiger partial charge in [-0.1, -0.05) is 6.92 Å². The number of rotatable bonds is 8. The lowest BCUT2D eigenvalue weighted by atomic mass is 10.1. The zero-order valence-electron chi connectivity index (χ0n) is 18.9. The van der Waals surface area contributed by atoms with Crippen LogP contribution in [0.1, 0.15) is 38.8 Å². The second-order valence-corrected chi connectivity index (χ2v) is 7.98. The number of likely N-dealkylation sites (N-methyl/N-ethyl adjacent to an activating group) is 1. The minimum absolute atomic E-state index is 0. The third-order valence-corrected chi connectivity index (χ3v) is 5.85. The molecule has 0 amide bonds. The smallest absolute Gasteiger partial charge is 0.191 e. The number of piperazine rings is 1. The molecule has 1 fully saturated rings. The first-order valence-corrected chi connectivity index (χ1v) is 11.1. The number of hydrogen-bond acceptors (Lipinski definition) is 6. The highest BCUT2D eigenvalue weighted by Crippen LogP contribution is 2.13. The summed E-state index contributed by atoms with van der Waals surface area (Å²) in [5.41, 5.74) is 0. The van der Waals surface area contributed by atoms with Crippen LogP contribution in [0.15, 0.2) is 4.99 Å². The molecule has 2 aliphatic rings. The standard InChI is InChI=1S/C20H38N8O.HI/c1-5-21-20(22-13-16(3)27-11-9-26(6-2)10-12-27)23-17-7-8-19-24-18(15-29-4)25-28(19)14-17;/h16-17H,5-15H2,1-4H3,(H2,21,22,23);1H. The van der Waals surface area contributed by atoms with Gasteiger partial charge < -0.3 is 20.3 Å². The minimum atomic E-state index is 0. The first-order valence-electron chi connectivity index (χ1n) is 11.1. The molecule has 0 saturated carbocycles. The van der Waals surface area contributed by atoms with E-state index in [9.17, 15) is 0 Å². The first kappa shape index (κ1) is 25.3. The van der Waals surface area contributed by atoms with Crippen LogP contribution < -0.4 is 10.6 Å². The predicted molar refractivity (Wildman–Crippen MR) is 131 cm³/mol. The van der Waals surface area contributed by atoms with E-state index in [1.807, 2.05) is 4.68 Å². The van der Waals surface area contributed by atoms with E-state index in [0.29, 0.717) is 18.7 Å². The van der Waals surface area contributed by atoms with Crippen molar-refractivity contribution in [3.63, 3.8) is 0 Å². The molecule has 1 saturated heterocycles. The summed E-state index contributed by atoms with van der Waals surface area (Å²) >= 11 is 0. The van der Waals surface area contributed by atoms with Crippen molar-refractivity contribution in [2.75, 3.05) is 52.9 Å². The molecule has 10 heteroatoms. The predicted octanol–water partition coefficient (Wildman–Crippen LogP) is 0.938. The Morgan fingerprint density at radius 1 is 1.27 bits per heavy atom. The van der Waals surface area contributed by atoms with Crippen LogP contribution in [0.4, 0.5) is 0 Å².